The van der Waals surface area contributed by atoms with Crippen molar-refractivity contribution in [3.05, 3.63) is 64.0 Å². The fourth-order valence-corrected chi connectivity index (χ4v) is 5.12. The Kier molecular flexibility index (Phi) is 3.87. The van der Waals surface area contributed by atoms with Crippen LogP contribution < -0.4 is 10.6 Å². The predicted molar refractivity (Wildman–Crippen MR) is 105 cm³/mol. The number of likely N-dealkylation sites (tertiary alicyclic amines) is 1. The lowest BCUT2D eigenvalue weighted by Crippen LogP contribution is -3.12. The van der Waals surface area contributed by atoms with Gasteiger partial charge in [0, 0.05) is 18.8 Å². The molecular formula is C20H21N4OS+. The molecule has 0 atom stereocenters. The first-order valence-corrected chi connectivity index (χ1v) is 9.96. The molecule has 6 heteroatoms. The molecule has 3 heterocycles. The minimum absolute atomic E-state index is 0.00741. The van der Waals surface area contributed by atoms with Crippen molar-refractivity contribution >= 4 is 32.6 Å². The number of benzene rings is 2. The summed E-state index contributed by atoms with van der Waals surface area (Å²) in [6.45, 7) is 2.88. The normalized spacial score (nSPS) is 20.8. The molecule has 0 saturated carbocycles. The Hall–Kier alpha value is -2.44. The minimum Gasteiger partial charge on any atom is -0.317 e. The van der Waals surface area contributed by atoms with Crippen LogP contribution in [0.4, 0.5) is 0 Å². The number of nitrogens with one attached hydrogen (secondary N) is 2. The van der Waals surface area contributed by atoms with Crippen LogP contribution in [0.5, 0.6) is 0 Å². The van der Waals surface area contributed by atoms with Gasteiger partial charge in [0.1, 0.15) is 0 Å². The van der Waals surface area contributed by atoms with E-state index in [9.17, 15) is 4.79 Å². The highest BCUT2D eigenvalue weighted by Gasteiger charge is 2.26. The maximum Gasteiger partial charge on any atom is 0.330 e. The molecule has 0 radical (unpaired) electrons. The molecule has 0 unspecified atom stereocenters. The Morgan fingerprint density at radius 1 is 1.12 bits per heavy atom. The van der Waals surface area contributed by atoms with E-state index in [1.54, 1.807) is 0 Å². The Balaban J connectivity index is 1.31. The summed E-state index contributed by atoms with van der Waals surface area (Å²) >= 11 is 1.83. The number of imidazole rings is 1. The summed E-state index contributed by atoms with van der Waals surface area (Å²) in [6.07, 6.45) is 2.26. The molecule has 132 valence electrons. The topological polar surface area (TPSA) is 55.1 Å². The van der Waals surface area contributed by atoms with Crippen molar-refractivity contribution in [2.75, 3.05) is 13.1 Å². The zero-order chi connectivity index (χ0) is 17.5. The van der Waals surface area contributed by atoms with Gasteiger partial charge in [-0.1, -0.05) is 24.3 Å². The van der Waals surface area contributed by atoms with Gasteiger partial charge in [-0.3, -0.25) is 0 Å². The first kappa shape index (κ1) is 15.8. The quantitative estimate of drug-likeness (QED) is 0.586. The van der Waals surface area contributed by atoms with E-state index in [0.717, 1.165) is 49.1 Å². The van der Waals surface area contributed by atoms with Crippen LogP contribution in [0.15, 0.2) is 53.3 Å². The molecule has 1 aliphatic heterocycles. The smallest absolute Gasteiger partial charge is 0.317 e. The second kappa shape index (κ2) is 6.37. The van der Waals surface area contributed by atoms with Crippen molar-refractivity contribution in [3.8, 4) is 0 Å². The average molecular weight is 365 g/mol. The van der Waals surface area contributed by atoms with E-state index in [2.05, 4.69) is 29.2 Å². The maximum atomic E-state index is 12.3. The predicted octanol–water partition coefficient (Wildman–Crippen LogP) is 2.36. The fourth-order valence-electron chi connectivity index (χ4n) is 3.98. The zero-order valence-electron chi connectivity index (χ0n) is 14.4. The monoisotopic (exact) mass is 365 g/mol. The third-order valence-electron chi connectivity index (χ3n) is 5.42. The molecule has 5 nitrogen and oxygen atoms in total. The van der Waals surface area contributed by atoms with Crippen LogP contribution in [0.2, 0.25) is 0 Å². The van der Waals surface area contributed by atoms with Crippen LogP contribution in [0, 0.1) is 0 Å². The molecular weight excluding hydrogens is 344 g/mol. The highest BCUT2D eigenvalue weighted by molar-refractivity contribution is 7.18. The number of aromatic amines is 1. The number of fused-ring (bicyclic) bond motifs is 2. The fraction of sp³-hybridized carbons (Fsp3) is 0.300. The van der Waals surface area contributed by atoms with Crippen molar-refractivity contribution in [1.82, 2.24) is 14.5 Å². The van der Waals surface area contributed by atoms with Gasteiger partial charge in [0.25, 0.3) is 0 Å². The van der Waals surface area contributed by atoms with Crippen molar-refractivity contribution in [3.63, 3.8) is 0 Å². The molecule has 2 aromatic heterocycles. The minimum atomic E-state index is -0.00741. The summed E-state index contributed by atoms with van der Waals surface area (Å²) < 4.78 is 3.16. The van der Waals surface area contributed by atoms with E-state index in [4.69, 9.17) is 4.98 Å². The maximum absolute atomic E-state index is 12.3. The van der Waals surface area contributed by atoms with Gasteiger partial charge < -0.3 is 9.88 Å². The summed E-state index contributed by atoms with van der Waals surface area (Å²) in [7, 11) is 0. The molecule has 4 aromatic rings. The van der Waals surface area contributed by atoms with E-state index in [1.165, 1.54) is 14.6 Å². The number of rotatable bonds is 3. The lowest BCUT2D eigenvalue weighted by Gasteiger charge is -2.28. The molecule has 0 aliphatic carbocycles. The lowest BCUT2D eigenvalue weighted by molar-refractivity contribution is -0.927. The highest BCUT2D eigenvalue weighted by atomic mass is 32.1. The molecule has 0 bridgehead atoms. The molecule has 1 fully saturated rings. The average Bonchev–Trinajstić information content (AvgIpc) is 3.24. The Bertz CT molecular complexity index is 1080. The van der Waals surface area contributed by atoms with Gasteiger partial charge in [0.15, 0.2) is 6.67 Å². The van der Waals surface area contributed by atoms with Crippen LogP contribution in [0.1, 0.15) is 23.8 Å². The lowest BCUT2D eigenvalue weighted by atomic mass is 9.98. The van der Waals surface area contributed by atoms with E-state index in [1.807, 2.05) is 40.2 Å². The second-order valence-electron chi connectivity index (χ2n) is 7.08. The Morgan fingerprint density at radius 2 is 1.88 bits per heavy atom. The van der Waals surface area contributed by atoms with Gasteiger partial charge in [-0.25, -0.2) is 14.3 Å². The number of hydrogen-bond acceptors (Lipinski definition) is 3. The summed E-state index contributed by atoms with van der Waals surface area (Å²) in [4.78, 5) is 21.5. The van der Waals surface area contributed by atoms with E-state index >= 15 is 0 Å². The second-order valence-corrected chi connectivity index (χ2v) is 8.14. The van der Waals surface area contributed by atoms with Crippen LogP contribution in [-0.4, -0.2) is 27.6 Å². The van der Waals surface area contributed by atoms with E-state index in [0.29, 0.717) is 5.92 Å². The van der Waals surface area contributed by atoms with Gasteiger partial charge in [0.2, 0.25) is 0 Å². The van der Waals surface area contributed by atoms with Crippen LogP contribution in [-0.2, 0) is 6.67 Å². The van der Waals surface area contributed by atoms with Crippen LogP contribution in [0.25, 0.3) is 21.3 Å². The third-order valence-corrected chi connectivity index (χ3v) is 6.61. The first-order valence-electron chi connectivity index (χ1n) is 9.14. The molecule has 0 spiro atoms. The zero-order valence-corrected chi connectivity index (χ0v) is 15.3. The standard InChI is InChI=1S/C20H20N4OS/c25-20-22-15-5-1-3-7-17(15)24(20)13-23-11-9-14(10-12-23)19-21-16-6-2-4-8-18(16)26-19/h1-8,14H,9-13H2,(H,22,25)/p+1. The van der Waals surface area contributed by atoms with Gasteiger partial charge in [0.05, 0.1) is 39.3 Å². The summed E-state index contributed by atoms with van der Waals surface area (Å²) in [5, 5.41) is 1.27. The van der Waals surface area contributed by atoms with Crippen molar-refractivity contribution in [2.24, 2.45) is 0 Å². The van der Waals surface area contributed by atoms with Gasteiger partial charge in [-0.15, -0.1) is 11.3 Å². The first-order chi connectivity index (χ1) is 12.8. The van der Waals surface area contributed by atoms with Crippen molar-refractivity contribution in [1.29, 1.82) is 0 Å². The van der Waals surface area contributed by atoms with Crippen molar-refractivity contribution in [2.45, 2.75) is 25.4 Å². The van der Waals surface area contributed by atoms with Crippen LogP contribution >= 0.6 is 11.3 Å². The molecule has 2 N–H and O–H groups in total. The number of hydrogen-bond donors (Lipinski definition) is 2. The summed E-state index contributed by atoms with van der Waals surface area (Å²) in [6, 6.07) is 16.3. The van der Waals surface area contributed by atoms with E-state index in [-0.39, 0.29) is 5.69 Å². The number of nitrogens with zero attached hydrogens (tertiary/aromatic N) is 2. The largest absolute Gasteiger partial charge is 0.330 e. The Morgan fingerprint density at radius 3 is 2.73 bits per heavy atom. The molecule has 1 aliphatic rings. The van der Waals surface area contributed by atoms with Gasteiger partial charge in [-0.05, 0) is 24.3 Å². The number of piperidine rings is 1. The summed E-state index contributed by atoms with van der Waals surface area (Å²) in [5.41, 5.74) is 3.03. The van der Waals surface area contributed by atoms with Gasteiger partial charge in [-0.2, -0.15) is 0 Å². The number of H-pyrrole nitrogens is 1. The molecule has 5 rings (SSSR count). The van der Waals surface area contributed by atoms with E-state index < -0.39 is 0 Å². The summed E-state index contributed by atoms with van der Waals surface area (Å²) in [5.74, 6) is 0.552. The number of aromatic nitrogens is 3. The molecule has 0 amide bonds. The molecule has 1 saturated heterocycles. The van der Waals surface area contributed by atoms with Crippen LogP contribution in [0.3, 0.4) is 0 Å². The number of thiazole rings is 1. The third kappa shape index (κ3) is 2.75. The highest BCUT2D eigenvalue weighted by Crippen LogP contribution is 2.31. The van der Waals surface area contributed by atoms with Crippen molar-refractivity contribution < 1.29 is 4.90 Å². The SMILES string of the molecule is O=c1[nH]c2ccccc2n1C[NH+]1CCC(c2nc3ccccc3s2)CC1. The molecule has 2 aromatic carbocycles. The Labute approximate surface area is 154 Å². The van der Waals surface area contributed by atoms with Gasteiger partial charge >= 0.3 is 5.69 Å². The number of quaternary nitrogens is 1. The number of para-hydroxylation sites is 3. The molecule has 26 heavy (non-hydrogen) atoms.